The van der Waals surface area contributed by atoms with Gasteiger partial charge in [0.25, 0.3) is 0 Å². The van der Waals surface area contributed by atoms with Gasteiger partial charge in [0.05, 0.1) is 0 Å². The van der Waals surface area contributed by atoms with Gasteiger partial charge in [-0.2, -0.15) is 0 Å². The monoisotopic (exact) mass is 294 g/mol. The number of ether oxygens (including phenoxy) is 1. The van der Waals surface area contributed by atoms with E-state index in [2.05, 4.69) is 4.90 Å². The molecule has 0 spiro atoms. The predicted octanol–water partition coefficient (Wildman–Crippen LogP) is 2.23. The highest BCUT2D eigenvalue weighted by atomic mass is 32.2. The van der Waals surface area contributed by atoms with Gasteiger partial charge in [-0.3, -0.25) is 9.69 Å². The molecule has 0 bridgehead atoms. The van der Waals surface area contributed by atoms with Crippen LogP contribution in [0.4, 0.5) is 0 Å². The Labute approximate surface area is 124 Å². The first-order valence-electron chi connectivity index (χ1n) is 6.99. The van der Waals surface area contributed by atoms with Gasteiger partial charge in [-0.25, -0.2) is 0 Å². The Hall–Kier alpha value is -1.04. The molecule has 1 fully saturated rings. The minimum absolute atomic E-state index is 0.280. The Balaban J connectivity index is 1.80. The van der Waals surface area contributed by atoms with Crippen LogP contribution in [0.3, 0.4) is 0 Å². The van der Waals surface area contributed by atoms with E-state index in [0.29, 0.717) is 5.75 Å². The second-order valence-electron chi connectivity index (χ2n) is 5.05. The maximum absolute atomic E-state index is 10.9. The lowest BCUT2D eigenvalue weighted by Crippen LogP contribution is -2.34. The molecule has 1 aliphatic rings. The summed E-state index contributed by atoms with van der Waals surface area (Å²) in [5.41, 5.74) is 6.84. The van der Waals surface area contributed by atoms with E-state index < -0.39 is 0 Å². The average molecular weight is 294 g/mol. The first-order chi connectivity index (χ1) is 9.67. The molecule has 20 heavy (non-hydrogen) atoms. The molecule has 0 aromatic heterocycles. The Kier molecular flexibility index (Phi) is 5.88. The fraction of sp³-hybridized carbons (Fsp3) is 0.533. The molecule has 110 valence electrons. The second-order valence-corrected chi connectivity index (χ2v) is 6.38. The normalized spacial score (nSPS) is 17.1. The van der Waals surface area contributed by atoms with Gasteiger partial charge in [0.2, 0.25) is 0 Å². The van der Waals surface area contributed by atoms with Crippen molar-refractivity contribution in [3.63, 3.8) is 0 Å². The summed E-state index contributed by atoms with van der Waals surface area (Å²) >= 11 is 1.87. The van der Waals surface area contributed by atoms with Gasteiger partial charge in [-0.05, 0) is 43.6 Å². The summed E-state index contributed by atoms with van der Waals surface area (Å²) in [5.74, 6) is 1.05. The largest absolute Gasteiger partial charge is 0.427 e. The molecule has 4 nitrogen and oxygen atoms in total. The maximum atomic E-state index is 10.9. The van der Waals surface area contributed by atoms with Crippen LogP contribution in [-0.4, -0.2) is 35.1 Å². The summed E-state index contributed by atoms with van der Waals surface area (Å²) < 4.78 is 5.03. The molecular formula is C15H22N2O2S. The molecule has 5 heteroatoms. The number of thioether (sulfide) groups is 1. The maximum Gasteiger partial charge on any atom is 0.308 e. The van der Waals surface area contributed by atoms with Crippen LogP contribution >= 0.6 is 11.8 Å². The van der Waals surface area contributed by atoms with Crippen LogP contribution in [0.5, 0.6) is 5.75 Å². The summed E-state index contributed by atoms with van der Waals surface area (Å²) in [5, 5.41) is 0.725. The van der Waals surface area contributed by atoms with Crippen LogP contribution in [0.25, 0.3) is 0 Å². The Morgan fingerprint density at radius 2 is 2.00 bits per heavy atom. The molecular weight excluding hydrogens is 272 g/mol. The van der Waals surface area contributed by atoms with Gasteiger partial charge in [-0.1, -0.05) is 12.1 Å². The summed E-state index contributed by atoms with van der Waals surface area (Å²) in [6.07, 6.45) is 2.43. The van der Waals surface area contributed by atoms with E-state index in [-0.39, 0.29) is 5.97 Å². The molecule has 0 atom stereocenters. The van der Waals surface area contributed by atoms with Crippen molar-refractivity contribution in [1.29, 1.82) is 0 Å². The smallest absolute Gasteiger partial charge is 0.308 e. The molecule has 2 N–H and O–H groups in total. The first-order valence-corrected chi connectivity index (χ1v) is 8.03. The molecule has 1 saturated heterocycles. The third-order valence-corrected chi connectivity index (χ3v) is 4.59. The van der Waals surface area contributed by atoms with Crippen molar-refractivity contribution in [2.75, 3.05) is 19.0 Å². The Morgan fingerprint density at radius 1 is 1.35 bits per heavy atom. The predicted molar refractivity (Wildman–Crippen MR) is 82.7 cm³/mol. The van der Waals surface area contributed by atoms with Gasteiger partial charge >= 0.3 is 5.97 Å². The van der Waals surface area contributed by atoms with Crippen molar-refractivity contribution in [1.82, 2.24) is 4.90 Å². The molecule has 1 aromatic rings. The minimum atomic E-state index is -0.280. The van der Waals surface area contributed by atoms with Gasteiger partial charge in [-0.15, -0.1) is 11.8 Å². The van der Waals surface area contributed by atoms with E-state index in [0.717, 1.165) is 30.8 Å². The van der Waals surface area contributed by atoms with Crippen molar-refractivity contribution in [2.45, 2.75) is 31.6 Å². The van der Waals surface area contributed by atoms with Crippen molar-refractivity contribution >= 4 is 17.7 Å². The topological polar surface area (TPSA) is 55.6 Å². The van der Waals surface area contributed by atoms with Crippen molar-refractivity contribution < 1.29 is 9.53 Å². The fourth-order valence-electron chi connectivity index (χ4n) is 2.46. The molecule has 0 radical (unpaired) electrons. The second kappa shape index (κ2) is 7.67. The van der Waals surface area contributed by atoms with E-state index in [1.165, 1.54) is 25.3 Å². The first kappa shape index (κ1) is 15.4. The zero-order chi connectivity index (χ0) is 14.4. The lowest BCUT2D eigenvalue weighted by molar-refractivity contribution is -0.131. The van der Waals surface area contributed by atoms with Gasteiger partial charge in [0.1, 0.15) is 5.75 Å². The highest BCUT2D eigenvalue weighted by Crippen LogP contribution is 2.23. The van der Waals surface area contributed by atoms with Crippen LogP contribution in [0.15, 0.2) is 24.3 Å². The number of nitrogens with two attached hydrogens (primary N) is 1. The lowest BCUT2D eigenvalue weighted by Gasteiger charge is -2.31. The standard InChI is InChI=1S/C15H22N2O2S/c1-12(18)19-14-4-2-13(3-5-14)10-17-8-6-15(7-9-17)20-11-16/h2-5,15H,6-11,16H2,1H3. The van der Waals surface area contributed by atoms with Crippen molar-refractivity contribution in [2.24, 2.45) is 5.73 Å². The number of carbonyl (C=O) groups excluding carboxylic acids is 1. The van der Waals surface area contributed by atoms with E-state index >= 15 is 0 Å². The van der Waals surface area contributed by atoms with E-state index in [4.69, 9.17) is 10.5 Å². The summed E-state index contributed by atoms with van der Waals surface area (Å²) in [7, 11) is 0. The van der Waals surface area contributed by atoms with E-state index in [1.54, 1.807) is 0 Å². The third kappa shape index (κ3) is 4.81. The minimum Gasteiger partial charge on any atom is -0.427 e. The molecule has 0 unspecified atom stereocenters. The zero-order valence-corrected chi connectivity index (χ0v) is 12.7. The number of esters is 1. The molecule has 1 aromatic carbocycles. The van der Waals surface area contributed by atoms with Crippen LogP contribution < -0.4 is 10.5 Å². The number of hydrogen-bond donors (Lipinski definition) is 1. The number of hydrogen-bond acceptors (Lipinski definition) is 5. The van der Waals surface area contributed by atoms with Gasteiger partial charge < -0.3 is 10.5 Å². The number of carbonyl (C=O) groups is 1. The average Bonchev–Trinajstić information content (AvgIpc) is 2.43. The van der Waals surface area contributed by atoms with Crippen LogP contribution in [-0.2, 0) is 11.3 Å². The lowest BCUT2D eigenvalue weighted by atomic mass is 10.1. The van der Waals surface area contributed by atoms with Crippen molar-refractivity contribution in [3.8, 4) is 5.75 Å². The molecule has 1 aliphatic heterocycles. The molecule has 1 heterocycles. The van der Waals surface area contributed by atoms with Crippen LogP contribution in [0.1, 0.15) is 25.3 Å². The van der Waals surface area contributed by atoms with E-state index in [9.17, 15) is 4.79 Å². The van der Waals surface area contributed by atoms with Crippen LogP contribution in [0, 0.1) is 0 Å². The molecule has 0 aliphatic carbocycles. The summed E-state index contributed by atoms with van der Waals surface area (Å²) in [6, 6.07) is 7.76. The highest BCUT2D eigenvalue weighted by molar-refractivity contribution is 7.99. The fourth-order valence-corrected chi connectivity index (χ4v) is 3.27. The van der Waals surface area contributed by atoms with E-state index in [1.807, 2.05) is 36.0 Å². The number of likely N-dealkylation sites (tertiary alicyclic amines) is 1. The van der Waals surface area contributed by atoms with Crippen LogP contribution in [0.2, 0.25) is 0 Å². The number of piperidine rings is 1. The summed E-state index contributed by atoms with van der Waals surface area (Å²) in [6.45, 7) is 4.63. The van der Waals surface area contributed by atoms with Gasteiger partial charge in [0.15, 0.2) is 0 Å². The zero-order valence-electron chi connectivity index (χ0n) is 11.9. The SMILES string of the molecule is CC(=O)Oc1ccc(CN2CCC(SCN)CC2)cc1. The molecule has 2 rings (SSSR count). The van der Waals surface area contributed by atoms with Gasteiger partial charge in [0, 0.05) is 24.6 Å². The summed E-state index contributed by atoms with van der Waals surface area (Å²) in [4.78, 5) is 13.3. The Bertz CT molecular complexity index is 428. The Morgan fingerprint density at radius 3 is 2.55 bits per heavy atom. The van der Waals surface area contributed by atoms with Crippen molar-refractivity contribution in [3.05, 3.63) is 29.8 Å². The number of benzene rings is 1. The highest BCUT2D eigenvalue weighted by Gasteiger charge is 2.18. The molecule has 0 amide bonds. The third-order valence-electron chi connectivity index (χ3n) is 3.46. The number of rotatable bonds is 5. The number of nitrogens with zero attached hydrogens (tertiary/aromatic N) is 1. The molecule has 0 saturated carbocycles. The quantitative estimate of drug-likeness (QED) is 0.513.